The van der Waals surface area contributed by atoms with E-state index in [-0.39, 0.29) is 25.7 Å². The molecule has 0 saturated carbocycles. The molecule has 1 saturated heterocycles. The van der Waals surface area contributed by atoms with Crippen LogP contribution in [0.3, 0.4) is 0 Å². The Balaban J connectivity index is 0.000000117. The van der Waals surface area contributed by atoms with Crippen LogP contribution in [0.25, 0.3) is 143 Å². The topological polar surface area (TPSA) is 71.0 Å². The van der Waals surface area contributed by atoms with E-state index in [1.165, 1.54) is 94.4 Å². The van der Waals surface area contributed by atoms with Crippen LogP contribution < -0.4 is 5.46 Å². The molecule has 8 heteroatoms. The van der Waals surface area contributed by atoms with Gasteiger partial charge in [0, 0.05) is 47.6 Å². The van der Waals surface area contributed by atoms with Gasteiger partial charge in [0.1, 0.15) is 44.7 Å². The predicted octanol–water partition coefficient (Wildman–Crippen LogP) is 25.3. The van der Waals surface area contributed by atoms with Gasteiger partial charge in [-0.25, -0.2) is 0 Å². The summed E-state index contributed by atoms with van der Waals surface area (Å²) in [5.74, 6) is 0. The molecular formula is C94H68BBrO6. The Labute approximate surface area is 599 Å². The standard InChI is InChI=1S/C43H24O2.C37H29BO3.C12H7BrO.2CH4/c1-5-13-35-27(9-1)28-10-2-6-14-36(28)43(35)37-15-7-3-11-29(37)32-23-34-31-19-17-26(22-41(31)45-42(34)24-38(32)43)25-18-20-40-33(21-25)30-12-4-8-16-39(30)44-40;1-35(2)36(3,4)41-38(40-35)22-17-18-26-28-20-27-25-13-7-10-16-31(25)37(32(27)21-34(28)39-33(26)19-22)29-14-8-5-11-23(29)24-12-6-9-15-30(24)37;13-8-5-6-12-10(7-8)9-3-1-2-4-11(9)14-12;;/h1-24H;5-21H,1-4H3;1-7H;2*1H4. The Hall–Kier alpha value is -11.3. The zero-order chi connectivity index (χ0) is 66.5. The molecule has 5 aliphatic rings. The number of rotatable bonds is 2. The van der Waals surface area contributed by atoms with Crippen LogP contribution in [-0.4, -0.2) is 18.3 Å². The van der Waals surface area contributed by atoms with Crippen molar-refractivity contribution in [3.8, 4) is 55.6 Å². The van der Waals surface area contributed by atoms with E-state index in [9.17, 15) is 0 Å². The number of hydrogen-bond donors (Lipinski definition) is 0. The second-order valence-corrected chi connectivity index (χ2v) is 29.3. The molecular weight excluding hydrogens is 1320 g/mol. The molecule has 0 N–H and O–H groups in total. The van der Waals surface area contributed by atoms with E-state index in [2.05, 4.69) is 292 Å². The predicted molar refractivity (Wildman–Crippen MR) is 423 cm³/mol. The van der Waals surface area contributed by atoms with Crippen molar-refractivity contribution in [2.45, 2.75) is 64.6 Å². The van der Waals surface area contributed by atoms with Gasteiger partial charge in [-0.15, -0.1) is 0 Å². The molecule has 0 radical (unpaired) electrons. The third-order valence-corrected chi connectivity index (χ3v) is 23.3. The van der Waals surface area contributed by atoms with Gasteiger partial charge < -0.3 is 27.0 Å². The molecule has 4 aromatic heterocycles. The van der Waals surface area contributed by atoms with Crippen molar-refractivity contribution in [1.29, 1.82) is 0 Å². The van der Waals surface area contributed by atoms with Gasteiger partial charge in [0.25, 0.3) is 0 Å². The zero-order valence-electron chi connectivity index (χ0n) is 55.1. The quantitative estimate of drug-likeness (QED) is 0.161. The maximum atomic E-state index is 6.74. The second-order valence-electron chi connectivity index (χ2n) is 28.4. The molecule has 18 aromatic rings. The van der Waals surface area contributed by atoms with E-state index in [4.69, 9.17) is 27.0 Å². The van der Waals surface area contributed by atoms with Crippen molar-refractivity contribution in [3.63, 3.8) is 0 Å². The summed E-state index contributed by atoms with van der Waals surface area (Å²) in [5.41, 5.74) is 30.0. The van der Waals surface area contributed by atoms with Gasteiger partial charge in [-0.1, -0.05) is 237 Å². The van der Waals surface area contributed by atoms with Gasteiger partial charge in [-0.2, -0.15) is 0 Å². The van der Waals surface area contributed by atoms with Crippen LogP contribution in [0.2, 0.25) is 0 Å². The molecule has 0 unspecified atom stereocenters. The minimum absolute atomic E-state index is 0. The lowest BCUT2D eigenvalue weighted by molar-refractivity contribution is 0.00578. The van der Waals surface area contributed by atoms with E-state index in [1.807, 2.05) is 42.5 Å². The number of para-hydroxylation sites is 2. The average Bonchev–Trinajstić information content (AvgIpc) is 1.51. The normalized spacial score (nSPS) is 15.2. The first-order chi connectivity index (χ1) is 48.9. The molecule has 102 heavy (non-hydrogen) atoms. The fraction of sp³-hybridized carbons (Fsp3) is 0.106. The molecule has 0 amide bonds. The Morgan fingerprint density at radius 2 is 0.559 bits per heavy atom. The van der Waals surface area contributed by atoms with Gasteiger partial charge in [-0.3, -0.25) is 0 Å². The molecule has 1 aliphatic heterocycles. The van der Waals surface area contributed by atoms with Gasteiger partial charge in [-0.05, 0) is 218 Å². The number of fused-ring (bicyclic) bond motifs is 32. The highest BCUT2D eigenvalue weighted by Gasteiger charge is 2.55. The molecule has 5 heterocycles. The summed E-state index contributed by atoms with van der Waals surface area (Å²) >= 11 is 3.46. The summed E-state index contributed by atoms with van der Waals surface area (Å²) < 4.78 is 38.9. The number of furan rings is 4. The molecule has 6 nitrogen and oxygen atoms in total. The van der Waals surface area contributed by atoms with Gasteiger partial charge >= 0.3 is 7.12 Å². The summed E-state index contributed by atoms with van der Waals surface area (Å²) in [4.78, 5) is 0. The average molecular weight is 1380 g/mol. The third-order valence-electron chi connectivity index (χ3n) is 22.8. The molecule has 2 spiro atoms. The Kier molecular flexibility index (Phi) is 13.6. The summed E-state index contributed by atoms with van der Waals surface area (Å²) in [5, 5.41) is 9.12. The van der Waals surface area contributed by atoms with Crippen molar-refractivity contribution >= 4 is 116 Å². The Morgan fingerprint density at radius 3 is 1.02 bits per heavy atom. The number of halogens is 1. The molecule has 490 valence electrons. The van der Waals surface area contributed by atoms with Gasteiger partial charge in [0.15, 0.2) is 0 Å². The second kappa shape index (κ2) is 22.4. The van der Waals surface area contributed by atoms with Gasteiger partial charge in [0.2, 0.25) is 0 Å². The van der Waals surface area contributed by atoms with Crippen LogP contribution in [-0.2, 0) is 20.1 Å². The summed E-state index contributed by atoms with van der Waals surface area (Å²) in [7, 11) is -0.427. The zero-order valence-corrected chi connectivity index (χ0v) is 56.7. The largest absolute Gasteiger partial charge is 0.494 e. The highest BCUT2D eigenvalue weighted by Crippen LogP contribution is 2.65. The SMILES string of the molecule is Brc1ccc2oc3ccccc3c2c1.C.C.CC1(C)OB(c2ccc3c(c2)oc2cc4c(cc23)-c2ccccc2C42c3ccccc3-c3ccccc32)OC1(C)C.c1ccc2c(c1)-c1ccccc1C21c2ccccc2-c2cc3c(cc21)oc1cc(-c2ccc4oc5ccccc5c4c2)ccc13. The lowest BCUT2D eigenvalue weighted by Crippen LogP contribution is -2.41. The van der Waals surface area contributed by atoms with Crippen molar-refractivity contribution < 1.29 is 27.0 Å². The first-order valence-electron chi connectivity index (χ1n) is 34.4. The lowest BCUT2D eigenvalue weighted by Gasteiger charge is -2.32. The van der Waals surface area contributed by atoms with E-state index < -0.39 is 18.3 Å². The molecule has 0 bridgehead atoms. The molecule has 14 aromatic carbocycles. The molecule has 4 aliphatic carbocycles. The monoisotopic (exact) mass is 1380 g/mol. The maximum Gasteiger partial charge on any atom is 0.494 e. The van der Waals surface area contributed by atoms with Crippen LogP contribution in [0.4, 0.5) is 0 Å². The smallest absolute Gasteiger partial charge is 0.456 e. The van der Waals surface area contributed by atoms with Crippen molar-refractivity contribution in [2.24, 2.45) is 0 Å². The van der Waals surface area contributed by atoms with Crippen LogP contribution in [0.5, 0.6) is 0 Å². The maximum absolute atomic E-state index is 6.74. The van der Waals surface area contributed by atoms with Crippen LogP contribution in [0.1, 0.15) is 87.1 Å². The fourth-order valence-corrected chi connectivity index (χ4v) is 18.0. The van der Waals surface area contributed by atoms with E-state index >= 15 is 0 Å². The molecule has 1 fully saturated rings. The molecule has 23 rings (SSSR count). The first-order valence-corrected chi connectivity index (χ1v) is 35.2. The highest BCUT2D eigenvalue weighted by atomic mass is 79.9. The van der Waals surface area contributed by atoms with E-state index in [0.717, 1.165) is 103 Å². The minimum atomic E-state index is -0.427. The van der Waals surface area contributed by atoms with Crippen molar-refractivity contribution in [2.75, 3.05) is 0 Å². The summed E-state index contributed by atoms with van der Waals surface area (Å²) in [6.07, 6.45) is 0. The van der Waals surface area contributed by atoms with Gasteiger partial charge in [0.05, 0.1) is 22.0 Å². The van der Waals surface area contributed by atoms with E-state index in [1.54, 1.807) is 0 Å². The molecule has 0 atom stereocenters. The summed E-state index contributed by atoms with van der Waals surface area (Å²) in [6.45, 7) is 8.34. The summed E-state index contributed by atoms with van der Waals surface area (Å²) in [6, 6.07) is 105. The van der Waals surface area contributed by atoms with Crippen molar-refractivity contribution in [1.82, 2.24) is 0 Å². The first kappa shape index (κ1) is 61.8. The minimum Gasteiger partial charge on any atom is -0.456 e. The van der Waals surface area contributed by atoms with Crippen LogP contribution in [0.15, 0.2) is 313 Å². The van der Waals surface area contributed by atoms with Crippen LogP contribution in [0, 0.1) is 0 Å². The lowest BCUT2D eigenvalue weighted by atomic mass is 9.70. The van der Waals surface area contributed by atoms with Crippen LogP contribution >= 0.6 is 15.9 Å². The highest BCUT2D eigenvalue weighted by molar-refractivity contribution is 9.10. The Morgan fingerprint density at radius 1 is 0.245 bits per heavy atom. The third kappa shape index (κ3) is 8.49. The Bertz CT molecular complexity index is 6440. The van der Waals surface area contributed by atoms with Crippen molar-refractivity contribution in [3.05, 3.63) is 340 Å². The fourth-order valence-electron chi connectivity index (χ4n) is 17.6. The van der Waals surface area contributed by atoms with E-state index in [0.29, 0.717) is 0 Å². The number of hydrogen-bond acceptors (Lipinski definition) is 6. The number of benzene rings is 14.